The molecular formula is C26H19Br2N3O6S. The van der Waals surface area contributed by atoms with Gasteiger partial charge in [0.1, 0.15) is 12.4 Å². The molecule has 0 aromatic heterocycles. The lowest BCUT2D eigenvalue weighted by atomic mass is 10.2. The molecule has 194 valence electrons. The van der Waals surface area contributed by atoms with Crippen LogP contribution in [0.2, 0.25) is 0 Å². The molecule has 0 unspecified atom stereocenters. The number of halogens is 2. The van der Waals surface area contributed by atoms with E-state index < -0.39 is 10.9 Å². The van der Waals surface area contributed by atoms with E-state index in [0.29, 0.717) is 42.6 Å². The van der Waals surface area contributed by atoms with Gasteiger partial charge in [-0.05, 0) is 98.1 Å². The van der Waals surface area contributed by atoms with Crippen molar-refractivity contribution in [3.05, 3.63) is 101 Å². The van der Waals surface area contributed by atoms with Gasteiger partial charge in [-0.25, -0.2) is 9.79 Å². The first kappa shape index (κ1) is 27.6. The lowest BCUT2D eigenvalue weighted by Crippen LogP contribution is -2.28. The Bertz CT molecular complexity index is 1480. The van der Waals surface area contributed by atoms with Crippen molar-refractivity contribution in [3.63, 3.8) is 0 Å². The van der Waals surface area contributed by atoms with Gasteiger partial charge in [0.2, 0.25) is 0 Å². The summed E-state index contributed by atoms with van der Waals surface area (Å²) >= 11 is 8.22. The summed E-state index contributed by atoms with van der Waals surface area (Å²) in [6.45, 7) is 2.37. The largest absolute Gasteiger partial charge is 0.487 e. The zero-order valence-corrected chi connectivity index (χ0v) is 23.7. The number of carboxylic acids is 1. The Morgan fingerprint density at radius 1 is 1.16 bits per heavy atom. The number of aromatic carboxylic acids is 1. The minimum Gasteiger partial charge on any atom is -0.487 e. The molecule has 3 aromatic rings. The molecule has 0 aliphatic carbocycles. The summed E-state index contributed by atoms with van der Waals surface area (Å²) in [6.07, 6.45) is 1.74. The molecule has 0 bridgehead atoms. The van der Waals surface area contributed by atoms with E-state index in [1.165, 1.54) is 40.9 Å². The SMILES string of the molecule is CCN1C(=O)/C(=C/c2cc(Br)c(OCc3cccc([N+](=O)[O-])c3)c(Br)c2)SC1=Nc1cccc(C(=O)O)c1. The Kier molecular flexibility index (Phi) is 8.65. The zero-order chi connectivity index (χ0) is 27.4. The Balaban J connectivity index is 1.55. The molecule has 4 rings (SSSR count). The maximum absolute atomic E-state index is 13.1. The molecule has 12 heteroatoms. The van der Waals surface area contributed by atoms with Crippen molar-refractivity contribution < 1.29 is 24.4 Å². The van der Waals surface area contributed by atoms with E-state index in [1.807, 2.05) is 6.92 Å². The van der Waals surface area contributed by atoms with Gasteiger partial charge in [-0.15, -0.1) is 0 Å². The molecule has 1 aliphatic rings. The summed E-state index contributed by atoms with van der Waals surface area (Å²) in [5.74, 6) is -0.743. The second-order valence-electron chi connectivity index (χ2n) is 7.94. The van der Waals surface area contributed by atoms with Crippen LogP contribution in [0.5, 0.6) is 5.75 Å². The lowest BCUT2D eigenvalue weighted by molar-refractivity contribution is -0.384. The Morgan fingerprint density at radius 2 is 1.87 bits per heavy atom. The number of carbonyl (C=O) groups excluding carboxylic acids is 1. The Hall–Kier alpha value is -3.48. The van der Waals surface area contributed by atoms with Crippen LogP contribution in [0, 0.1) is 10.1 Å². The number of aliphatic imine (C=N–C) groups is 1. The number of hydrogen-bond acceptors (Lipinski definition) is 7. The maximum Gasteiger partial charge on any atom is 0.335 e. The predicted molar refractivity (Wildman–Crippen MR) is 153 cm³/mol. The van der Waals surface area contributed by atoms with E-state index in [9.17, 15) is 24.8 Å². The number of nitro groups is 1. The van der Waals surface area contributed by atoms with E-state index in [0.717, 1.165) is 5.56 Å². The van der Waals surface area contributed by atoms with Crippen LogP contribution in [-0.4, -0.2) is 38.5 Å². The minimum absolute atomic E-state index is 0.0106. The lowest BCUT2D eigenvalue weighted by Gasteiger charge is -2.12. The molecule has 1 saturated heterocycles. The molecule has 0 spiro atoms. The van der Waals surface area contributed by atoms with Crippen LogP contribution >= 0.6 is 43.6 Å². The van der Waals surface area contributed by atoms with Crippen LogP contribution < -0.4 is 4.74 Å². The number of non-ortho nitro benzene ring substituents is 1. The number of nitro benzene ring substituents is 1. The first-order valence-corrected chi connectivity index (χ1v) is 13.5. The third kappa shape index (κ3) is 6.32. The fourth-order valence-corrected chi connectivity index (χ4v) is 6.07. The highest BCUT2D eigenvalue weighted by Gasteiger charge is 2.32. The summed E-state index contributed by atoms with van der Waals surface area (Å²) < 4.78 is 7.16. The molecule has 0 saturated carbocycles. The zero-order valence-electron chi connectivity index (χ0n) is 19.8. The molecule has 1 fully saturated rings. The number of benzene rings is 3. The average molecular weight is 661 g/mol. The van der Waals surface area contributed by atoms with Crippen molar-refractivity contribution in [2.75, 3.05) is 6.54 Å². The summed E-state index contributed by atoms with van der Waals surface area (Å²) in [7, 11) is 0. The van der Waals surface area contributed by atoms with Gasteiger partial charge in [0.05, 0.1) is 30.0 Å². The molecule has 38 heavy (non-hydrogen) atoms. The fourth-order valence-electron chi connectivity index (χ4n) is 3.56. The third-order valence-electron chi connectivity index (χ3n) is 5.35. The van der Waals surface area contributed by atoms with Gasteiger partial charge in [-0.3, -0.25) is 19.8 Å². The van der Waals surface area contributed by atoms with E-state index in [1.54, 1.807) is 42.5 Å². The number of likely N-dealkylation sites (N-methyl/N-ethyl adjacent to an activating group) is 1. The molecule has 9 nitrogen and oxygen atoms in total. The van der Waals surface area contributed by atoms with Crippen molar-refractivity contribution >= 4 is 78.1 Å². The second kappa shape index (κ2) is 11.9. The Morgan fingerprint density at radius 3 is 2.53 bits per heavy atom. The normalized spacial score (nSPS) is 15.3. The fraction of sp³-hybridized carbons (Fsp3) is 0.115. The van der Waals surface area contributed by atoms with Gasteiger partial charge in [0.15, 0.2) is 5.17 Å². The molecule has 0 atom stereocenters. The van der Waals surface area contributed by atoms with Gasteiger partial charge < -0.3 is 9.84 Å². The van der Waals surface area contributed by atoms with E-state index in [4.69, 9.17) is 4.74 Å². The number of thioether (sulfide) groups is 1. The van der Waals surface area contributed by atoms with Gasteiger partial charge in [-0.2, -0.15) is 0 Å². The van der Waals surface area contributed by atoms with Gasteiger partial charge in [-0.1, -0.05) is 18.2 Å². The molecule has 1 heterocycles. The van der Waals surface area contributed by atoms with Crippen molar-refractivity contribution in [3.8, 4) is 5.75 Å². The number of nitrogens with zero attached hydrogens (tertiary/aromatic N) is 3. The standard InChI is InChI=1S/C26H19Br2N3O6S/c1-2-30-24(32)22(38-26(30)29-18-7-4-6-17(13-18)25(33)34)12-16-10-20(27)23(21(28)11-16)37-14-15-5-3-8-19(9-15)31(35)36/h3-13H,2,14H2,1H3,(H,33,34)/b22-12-,29-26?. The first-order valence-electron chi connectivity index (χ1n) is 11.1. The number of rotatable bonds is 8. The van der Waals surface area contributed by atoms with Crippen molar-refractivity contribution in [1.82, 2.24) is 4.90 Å². The quantitative estimate of drug-likeness (QED) is 0.156. The summed E-state index contributed by atoms with van der Waals surface area (Å²) in [5.41, 5.74) is 1.92. The molecule has 1 N–H and O–H groups in total. The van der Waals surface area contributed by atoms with Gasteiger partial charge >= 0.3 is 5.97 Å². The summed E-state index contributed by atoms with van der Waals surface area (Å²) in [6, 6.07) is 16.1. The third-order valence-corrected chi connectivity index (χ3v) is 7.53. The summed E-state index contributed by atoms with van der Waals surface area (Å²) in [4.78, 5) is 41.4. The number of carboxylic acid groups (broad SMARTS) is 1. The van der Waals surface area contributed by atoms with E-state index >= 15 is 0 Å². The first-order chi connectivity index (χ1) is 18.2. The molecule has 1 amide bonds. The highest BCUT2D eigenvalue weighted by atomic mass is 79.9. The number of amides is 1. The molecule has 0 radical (unpaired) electrons. The monoisotopic (exact) mass is 659 g/mol. The van der Waals surface area contributed by atoms with Crippen LogP contribution in [-0.2, 0) is 11.4 Å². The van der Waals surface area contributed by atoms with E-state index in [-0.39, 0.29) is 23.8 Å². The van der Waals surface area contributed by atoms with Crippen LogP contribution in [0.25, 0.3) is 6.08 Å². The molecular weight excluding hydrogens is 642 g/mol. The van der Waals surface area contributed by atoms with E-state index in [2.05, 4.69) is 36.9 Å². The van der Waals surface area contributed by atoms with Gasteiger partial charge in [0, 0.05) is 18.7 Å². The van der Waals surface area contributed by atoms with Crippen molar-refractivity contribution in [1.29, 1.82) is 0 Å². The number of carbonyl (C=O) groups is 2. The smallest absolute Gasteiger partial charge is 0.335 e. The molecule has 1 aliphatic heterocycles. The minimum atomic E-state index is -1.05. The summed E-state index contributed by atoms with van der Waals surface area (Å²) in [5, 5.41) is 20.7. The molecule has 3 aromatic carbocycles. The average Bonchev–Trinajstić information content (AvgIpc) is 3.17. The van der Waals surface area contributed by atoms with Crippen molar-refractivity contribution in [2.24, 2.45) is 4.99 Å². The number of amidine groups is 1. The number of ether oxygens (including phenoxy) is 1. The maximum atomic E-state index is 13.1. The van der Waals surface area contributed by atoms with Crippen molar-refractivity contribution in [2.45, 2.75) is 13.5 Å². The number of hydrogen-bond donors (Lipinski definition) is 1. The predicted octanol–water partition coefficient (Wildman–Crippen LogP) is 7.02. The van der Waals surface area contributed by atoms with Crippen LogP contribution in [0.15, 0.2) is 79.5 Å². The Labute approximate surface area is 238 Å². The van der Waals surface area contributed by atoms with Gasteiger partial charge in [0.25, 0.3) is 11.6 Å². The highest BCUT2D eigenvalue weighted by molar-refractivity contribution is 9.11. The van der Waals surface area contributed by atoms with Crippen LogP contribution in [0.1, 0.15) is 28.4 Å². The topological polar surface area (TPSA) is 122 Å². The van der Waals surface area contributed by atoms with Crippen LogP contribution in [0.4, 0.5) is 11.4 Å². The highest BCUT2D eigenvalue weighted by Crippen LogP contribution is 2.38. The second-order valence-corrected chi connectivity index (χ2v) is 10.7. The van der Waals surface area contributed by atoms with Crippen LogP contribution in [0.3, 0.4) is 0 Å².